The molecule has 0 saturated carbocycles. The molecule has 1 fully saturated rings. The van der Waals surface area contributed by atoms with Crippen LogP contribution < -0.4 is 0 Å². The van der Waals surface area contributed by atoms with Crippen LogP contribution >= 0.6 is 0 Å². The van der Waals surface area contributed by atoms with Crippen LogP contribution in [0.5, 0.6) is 0 Å². The molecule has 6 nitrogen and oxygen atoms in total. The summed E-state index contributed by atoms with van der Waals surface area (Å²) in [5.41, 5.74) is 1.78. The summed E-state index contributed by atoms with van der Waals surface area (Å²) in [6.45, 7) is 2.81. The number of aromatic carboxylic acids is 1. The highest BCUT2D eigenvalue weighted by atomic mass is 16.5. The Balaban J connectivity index is 1.75. The Morgan fingerprint density at radius 2 is 2.18 bits per heavy atom. The first-order chi connectivity index (χ1) is 10.7. The molecule has 0 unspecified atom stereocenters. The van der Waals surface area contributed by atoms with Crippen molar-refractivity contribution >= 4 is 5.97 Å². The number of carboxylic acid groups (broad SMARTS) is 1. The lowest BCUT2D eigenvalue weighted by molar-refractivity contribution is -0.0355. The van der Waals surface area contributed by atoms with Crippen molar-refractivity contribution < 1.29 is 14.6 Å². The van der Waals surface area contributed by atoms with Crippen LogP contribution in [0.4, 0.5) is 0 Å². The van der Waals surface area contributed by atoms with Gasteiger partial charge in [-0.15, -0.1) is 0 Å². The van der Waals surface area contributed by atoms with Crippen molar-refractivity contribution in [2.24, 2.45) is 0 Å². The van der Waals surface area contributed by atoms with E-state index >= 15 is 0 Å². The number of rotatable bonds is 4. The van der Waals surface area contributed by atoms with Crippen LogP contribution in [0.25, 0.3) is 0 Å². The topological polar surface area (TPSA) is 75.5 Å². The summed E-state index contributed by atoms with van der Waals surface area (Å²) in [5.74, 6) is -1.03. The summed E-state index contributed by atoms with van der Waals surface area (Å²) in [6, 6.07) is 10.2. The maximum Gasteiger partial charge on any atom is 0.339 e. The number of nitrogens with zero attached hydrogens (tertiary/aromatic N) is 3. The Hall–Kier alpha value is -2.31. The standard InChI is InChI=1S/C16H17N3O3/c20-16(21)13-8-17-11-18-15(13)14-10-19(6-7-22-14)9-12-4-2-1-3-5-12/h1-5,8,11,14H,6-7,9-10H2,(H,20,21)/t14-/m0/s1. The van der Waals surface area contributed by atoms with Crippen LogP contribution in [0.1, 0.15) is 27.7 Å². The number of hydrogen-bond acceptors (Lipinski definition) is 5. The molecule has 3 rings (SSSR count). The zero-order valence-electron chi connectivity index (χ0n) is 12.1. The molecule has 2 heterocycles. The largest absolute Gasteiger partial charge is 0.478 e. The lowest BCUT2D eigenvalue weighted by Crippen LogP contribution is -2.38. The van der Waals surface area contributed by atoms with E-state index in [4.69, 9.17) is 4.74 Å². The maximum atomic E-state index is 11.3. The van der Waals surface area contributed by atoms with Crippen LogP contribution in [0.3, 0.4) is 0 Å². The van der Waals surface area contributed by atoms with Gasteiger partial charge in [0.25, 0.3) is 0 Å². The predicted molar refractivity (Wildman–Crippen MR) is 79.4 cm³/mol. The molecule has 114 valence electrons. The van der Waals surface area contributed by atoms with E-state index in [0.717, 1.165) is 13.1 Å². The molecule has 1 N–H and O–H groups in total. The first-order valence-electron chi connectivity index (χ1n) is 7.15. The lowest BCUT2D eigenvalue weighted by atomic mass is 10.1. The van der Waals surface area contributed by atoms with Gasteiger partial charge in [0, 0.05) is 25.8 Å². The Kier molecular flexibility index (Phi) is 4.41. The zero-order chi connectivity index (χ0) is 15.4. The van der Waals surface area contributed by atoms with Gasteiger partial charge in [0.05, 0.1) is 12.3 Å². The normalized spacial score (nSPS) is 19.0. The molecule has 1 aromatic carbocycles. The number of morpholine rings is 1. The van der Waals surface area contributed by atoms with E-state index in [9.17, 15) is 9.90 Å². The Morgan fingerprint density at radius 3 is 2.95 bits per heavy atom. The Morgan fingerprint density at radius 1 is 1.36 bits per heavy atom. The van der Waals surface area contributed by atoms with Gasteiger partial charge in [-0.2, -0.15) is 0 Å². The smallest absolute Gasteiger partial charge is 0.339 e. The summed E-state index contributed by atoms with van der Waals surface area (Å²) in [4.78, 5) is 21.4. The molecule has 1 aliphatic heterocycles. The first-order valence-corrected chi connectivity index (χ1v) is 7.15. The molecule has 2 aromatic rings. The van der Waals surface area contributed by atoms with Crippen LogP contribution in [-0.4, -0.2) is 45.6 Å². The molecule has 0 aliphatic carbocycles. The lowest BCUT2D eigenvalue weighted by Gasteiger charge is -2.33. The van der Waals surface area contributed by atoms with Crippen molar-refractivity contribution in [3.05, 3.63) is 59.7 Å². The van der Waals surface area contributed by atoms with E-state index < -0.39 is 5.97 Å². The second kappa shape index (κ2) is 6.64. The monoisotopic (exact) mass is 299 g/mol. The van der Waals surface area contributed by atoms with Gasteiger partial charge in [-0.05, 0) is 5.56 Å². The second-order valence-electron chi connectivity index (χ2n) is 5.21. The molecular weight excluding hydrogens is 282 g/mol. The van der Waals surface area contributed by atoms with E-state index in [-0.39, 0.29) is 11.7 Å². The molecule has 0 amide bonds. The van der Waals surface area contributed by atoms with Gasteiger partial charge in [-0.25, -0.2) is 14.8 Å². The van der Waals surface area contributed by atoms with E-state index in [2.05, 4.69) is 27.0 Å². The van der Waals surface area contributed by atoms with E-state index in [1.54, 1.807) is 0 Å². The SMILES string of the molecule is O=C(O)c1cncnc1[C@@H]1CN(Cc2ccccc2)CCO1. The average Bonchev–Trinajstić information content (AvgIpc) is 2.56. The highest BCUT2D eigenvalue weighted by molar-refractivity contribution is 5.88. The van der Waals surface area contributed by atoms with Crippen molar-refractivity contribution in [1.29, 1.82) is 0 Å². The van der Waals surface area contributed by atoms with Gasteiger partial charge in [0.1, 0.15) is 18.0 Å². The highest BCUT2D eigenvalue weighted by Gasteiger charge is 2.27. The minimum atomic E-state index is -1.03. The third-order valence-electron chi connectivity index (χ3n) is 3.68. The number of aromatic nitrogens is 2. The quantitative estimate of drug-likeness (QED) is 0.927. The number of hydrogen-bond donors (Lipinski definition) is 1. The molecule has 6 heteroatoms. The Bertz CT molecular complexity index is 648. The van der Waals surface area contributed by atoms with Crippen molar-refractivity contribution in [3.8, 4) is 0 Å². The van der Waals surface area contributed by atoms with Crippen molar-refractivity contribution in [2.75, 3.05) is 19.7 Å². The molecule has 0 spiro atoms. The van der Waals surface area contributed by atoms with Gasteiger partial charge < -0.3 is 9.84 Å². The highest BCUT2D eigenvalue weighted by Crippen LogP contribution is 2.24. The molecule has 1 aliphatic rings. The molecule has 0 radical (unpaired) electrons. The average molecular weight is 299 g/mol. The predicted octanol–water partition coefficient (Wildman–Crippen LogP) is 1.75. The fraction of sp³-hybridized carbons (Fsp3) is 0.312. The maximum absolute atomic E-state index is 11.3. The molecule has 22 heavy (non-hydrogen) atoms. The minimum Gasteiger partial charge on any atom is -0.478 e. The molecular formula is C16H17N3O3. The summed E-state index contributed by atoms with van der Waals surface area (Å²) in [7, 11) is 0. The summed E-state index contributed by atoms with van der Waals surface area (Å²) in [5, 5.41) is 9.25. The van der Waals surface area contributed by atoms with Crippen LogP contribution in [0, 0.1) is 0 Å². The first kappa shape index (κ1) is 14.6. The molecule has 1 atom stereocenters. The van der Waals surface area contributed by atoms with Crippen molar-refractivity contribution in [2.45, 2.75) is 12.6 Å². The van der Waals surface area contributed by atoms with E-state index in [0.29, 0.717) is 18.8 Å². The third-order valence-corrected chi connectivity index (χ3v) is 3.68. The van der Waals surface area contributed by atoms with Crippen LogP contribution in [0.15, 0.2) is 42.9 Å². The van der Waals surface area contributed by atoms with Crippen molar-refractivity contribution in [1.82, 2.24) is 14.9 Å². The summed E-state index contributed by atoms with van der Waals surface area (Å²) in [6.07, 6.45) is 2.34. The Labute approximate surface area is 128 Å². The zero-order valence-corrected chi connectivity index (χ0v) is 12.1. The van der Waals surface area contributed by atoms with Gasteiger partial charge >= 0.3 is 5.97 Å². The van der Waals surface area contributed by atoms with Crippen LogP contribution in [-0.2, 0) is 11.3 Å². The fourth-order valence-electron chi connectivity index (χ4n) is 2.61. The van der Waals surface area contributed by atoms with E-state index in [1.165, 1.54) is 18.1 Å². The van der Waals surface area contributed by atoms with Gasteiger partial charge in [-0.3, -0.25) is 4.90 Å². The number of benzene rings is 1. The second-order valence-corrected chi connectivity index (χ2v) is 5.21. The van der Waals surface area contributed by atoms with Gasteiger partial charge in [0.15, 0.2) is 0 Å². The van der Waals surface area contributed by atoms with Gasteiger partial charge in [-0.1, -0.05) is 30.3 Å². The minimum absolute atomic E-state index is 0.106. The molecule has 1 aromatic heterocycles. The summed E-state index contributed by atoms with van der Waals surface area (Å²) >= 11 is 0. The fourth-order valence-corrected chi connectivity index (χ4v) is 2.61. The molecule has 0 bridgehead atoms. The number of carbonyl (C=O) groups is 1. The van der Waals surface area contributed by atoms with E-state index in [1.807, 2.05) is 18.2 Å². The number of ether oxygens (including phenoxy) is 1. The summed E-state index contributed by atoms with van der Waals surface area (Å²) < 4.78 is 5.73. The third kappa shape index (κ3) is 3.29. The number of carboxylic acids is 1. The molecule has 1 saturated heterocycles. The van der Waals surface area contributed by atoms with Crippen molar-refractivity contribution in [3.63, 3.8) is 0 Å². The van der Waals surface area contributed by atoms with Gasteiger partial charge in [0.2, 0.25) is 0 Å². The van der Waals surface area contributed by atoms with Crippen LogP contribution in [0.2, 0.25) is 0 Å².